The molecule has 0 radical (unpaired) electrons. The number of likely N-dealkylation sites (tertiary alicyclic amines) is 1. The molecule has 3 aromatic rings. The summed E-state index contributed by atoms with van der Waals surface area (Å²) in [6.07, 6.45) is 3.55. The van der Waals surface area contributed by atoms with Crippen LogP contribution in [-0.4, -0.2) is 137 Å². The van der Waals surface area contributed by atoms with E-state index in [1.807, 2.05) is 44.7 Å². The number of piperidine rings is 3. The van der Waals surface area contributed by atoms with Gasteiger partial charge in [0.1, 0.15) is 35.2 Å². The molecule has 14 nitrogen and oxygen atoms in total. The highest BCUT2D eigenvalue weighted by atomic mass is 35.5. The number of aromatic nitrogens is 1. The quantitative estimate of drug-likeness (QED) is 0.175. The number of pyridine rings is 1. The lowest BCUT2D eigenvalue weighted by molar-refractivity contribution is -0.216. The molecule has 5 aliphatic heterocycles. The van der Waals surface area contributed by atoms with E-state index in [0.29, 0.717) is 59.2 Å². The Morgan fingerprint density at radius 2 is 1.63 bits per heavy atom. The number of ether oxygens (including phenoxy) is 1. The van der Waals surface area contributed by atoms with Crippen LogP contribution in [0.3, 0.4) is 0 Å². The summed E-state index contributed by atoms with van der Waals surface area (Å²) >= 11 is 11.1. The molecule has 0 bridgehead atoms. The van der Waals surface area contributed by atoms with Crippen LogP contribution in [0.1, 0.15) is 97.0 Å². The largest absolute Gasteiger partial charge is 0.489 e. The number of carbonyl (C=O) groups is 4. The van der Waals surface area contributed by atoms with Crippen LogP contribution < -0.4 is 20.3 Å². The number of alkyl halides is 2. The van der Waals surface area contributed by atoms with Crippen molar-refractivity contribution in [1.29, 1.82) is 5.26 Å². The smallest absolute Gasteiger partial charge is 0.280 e. The Morgan fingerprint density at radius 1 is 0.925 bits per heavy atom. The van der Waals surface area contributed by atoms with E-state index < -0.39 is 70.6 Å². The van der Waals surface area contributed by atoms with E-state index in [9.17, 15) is 24.4 Å². The molecule has 6 aliphatic rings. The molecular weight excluding hydrogens is 900 g/mol. The number of rotatable bonds is 10. The molecule has 1 aliphatic carbocycles. The van der Waals surface area contributed by atoms with E-state index in [1.54, 1.807) is 47.4 Å². The van der Waals surface area contributed by atoms with Gasteiger partial charge in [-0.3, -0.25) is 29.0 Å². The average Bonchev–Trinajstić information content (AvgIpc) is 3.54. The first-order chi connectivity index (χ1) is 31.8. The summed E-state index contributed by atoms with van der Waals surface area (Å²) < 4.78 is 38.8. The van der Waals surface area contributed by atoms with Crippen LogP contribution >= 0.6 is 24.2 Å². The first-order valence-electron chi connectivity index (χ1n) is 23.3. The summed E-state index contributed by atoms with van der Waals surface area (Å²) in [5.41, 5.74) is 6.09. The maximum atomic E-state index is 16.2. The SMILES string of the molecule is CC1(C)C(Oc2ccc(C#N)c(Cl)c2)C(C)(C)C1N1C(=O)CC[C@@H](N2C(=O)c3cc(N4CC[C@@H](N5CCN(CC6CCN(c7ccc(C(N)=O)cn7)CC6)CC5)C(F)(F)C4)ccc3[C@H]2S)C1=O. The van der Waals surface area contributed by atoms with E-state index >= 15 is 8.78 Å². The van der Waals surface area contributed by atoms with Gasteiger partial charge >= 0.3 is 0 Å². The van der Waals surface area contributed by atoms with E-state index in [4.69, 9.17) is 34.7 Å². The fraction of sp³-hybridized carbons (Fsp3) is 0.551. The predicted octanol–water partition coefficient (Wildman–Crippen LogP) is 6.24. The fourth-order valence-corrected chi connectivity index (χ4v) is 13.0. The van der Waals surface area contributed by atoms with Crippen LogP contribution in [0.25, 0.3) is 0 Å². The number of piperazine rings is 1. The molecule has 2 aromatic carbocycles. The molecule has 3 atom stereocenters. The number of hydrogen-bond acceptors (Lipinski definition) is 12. The maximum Gasteiger partial charge on any atom is 0.280 e. The lowest BCUT2D eigenvalue weighted by Gasteiger charge is -2.66. The van der Waals surface area contributed by atoms with Crippen LogP contribution in [0.15, 0.2) is 54.7 Å². The monoisotopic (exact) mass is 957 g/mol. The zero-order valence-corrected chi connectivity index (χ0v) is 40.0. The number of hydrogen-bond donors (Lipinski definition) is 2. The summed E-state index contributed by atoms with van der Waals surface area (Å²) in [4.78, 5) is 69.4. The molecule has 9 rings (SSSR count). The highest BCUT2D eigenvalue weighted by molar-refractivity contribution is 7.80. The van der Waals surface area contributed by atoms with Gasteiger partial charge in [-0.1, -0.05) is 45.4 Å². The number of nitrogens with two attached hydrogens (primary N) is 1. The normalized spacial score (nSPS) is 27.7. The minimum atomic E-state index is -3.00. The van der Waals surface area contributed by atoms with Gasteiger partial charge in [0, 0.05) is 93.1 Å². The number of benzene rings is 2. The van der Waals surface area contributed by atoms with Crippen molar-refractivity contribution in [2.75, 3.05) is 68.7 Å². The Morgan fingerprint density at radius 3 is 2.25 bits per heavy atom. The number of nitrogens with zero attached hydrogens (tertiary/aromatic N) is 8. The van der Waals surface area contributed by atoms with Crippen molar-refractivity contribution in [2.24, 2.45) is 22.5 Å². The lowest BCUT2D eigenvalue weighted by Crippen LogP contribution is -2.77. The third-order valence-electron chi connectivity index (χ3n) is 15.4. The molecule has 356 valence electrons. The number of amides is 4. The van der Waals surface area contributed by atoms with Gasteiger partial charge in [0.25, 0.3) is 17.7 Å². The first kappa shape index (κ1) is 47.1. The van der Waals surface area contributed by atoms with Crippen LogP contribution in [0.2, 0.25) is 5.02 Å². The van der Waals surface area contributed by atoms with Gasteiger partial charge < -0.3 is 30.1 Å². The van der Waals surface area contributed by atoms with Crippen molar-refractivity contribution in [3.05, 3.63) is 82.0 Å². The molecule has 5 fully saturated rings. The zero-order valence-electron chi connectivity index (χ0n) is 38.3. The van der Waals surface area contributed by atoms with Gasteiger partial charge in [0.15, 0.2) is 0 Å². The Hall–Kier alpha value is -5.02. The van der Waals surface area contributed by atoms with Crippen LogP contribution in [0.5, 0.6) is 5.75 Å². The number of fused-ring (bicyclic) bond motifs is 1. The number of anilines is 2. The predicted molar refractivity (Wildman–Crippen MR) is 252 cm³/mol. The summed E-state index contributed by atoms with van der Waals surface area (Å²) in [7, 11) is 0. The van der Waals surface area contributed by atoms with Crippen LogP contribution in [0, 0.1) is 28.1 Å². The van der Waals surface area contributed by atoms with E-state index in [-0.39, 0.29) is 30.2 Å². The highest BCUT2D eigenvalue weighted by Crippen LogP contribution is 2.59. The molecule has 67 heavy (non-hydrogen) atoms. The zero-order chi connectivity index (χ0) is 47.7. The van der Waals surface area contributed by atoms with Crippen molar-refractivity contribution in [3.63, 3.8) is 0 Å². The molecule has 1 saturated carbocycles. The van der Waals surface area contributed by atoms with Gasteiger partial charge in [0.2, 0.25) is 11.8 Å². The number of halogens is 3. The van der Waals surface area contributed by atoms with E-state index in [1.165, 1.54) is 16.0 Å². The molecular formula is C49H58ClF2N9O5S. The summed E-state index contributed by atoms with van der Waals surface area (Å²) in [6, 6.07) is 13.2. The minimum Gasteiger partial charge on any atom is -0.489 e. The third-order valence-corrected chi connectivity index (χ3v) is 16.2. The van der Waals surface area contributed by atoms with E-state index in [2.05, 4.69) is 14.8 Å². The van der Waals surface area contributed by atoms with Gasteiger partial charge in [-0.25, -0.2) is 13.8 Å². The molecule has 4 saturated heterocycles. The van der Waals surface area contributed by atoms with Gasteiger partial charge in [-0.05, 0) is 73.6 Å². The summed E-state index contributed by atoms with van der Waals surface area (Å²) in [6.45, 7) is 13.0. The van der Waals surface area contributed by atoms with Crippen LogP contribution in [0.4, 0.5) is 20.3 Å². The summed E-state index contributed by atoms with van der Waals surface area (Å²) in [5, 5.41) is 8.80. The Kier molecular flexibility index (Phi) is 12.5. The first-order valence-corrected chi connectivity index (χ1v) is 24.2. The van der Waals surface area contributed by atoms with Gasteiger partial charge in [0.05, 0.1) is 34.8 Å². The topological polar surface area (TPSA) is 160 Å². The number of carbonyl (C=O) groups excluding carboxylic acids is 4. The molecule has 18 heteroatoms. The van der Waals surface area contributed by atoms with Crippen molar-refractivity contribution >= 4 is 59.4 Å². The second-order valence-electron chi connectivity index (χ2n) is 20.3. The summed E-state index contributed by atoms with van der Waals surface area (Å²) in [5.74, 6) is -2.90. The van der Waals surface area contributed by atoms with Gasteiger partial charge in [-0.15, -0.1) is 12.6 Å². The number of imide groups is 1. The Balaban J connectivity index is 0.798. The molecule has 2 N–H and O–H groups in total. The van der Waals surface area contributed by atoms with Crippen molar-refractivity contribution in [2.45, 2.75) is 95.3 Å². The fourth-order valence-electron chi connectivity index (χ4n) is 12.3. The van der Waals surface area contributed by atoms with Gasteiger partial charge in [-0.2, -0.15) is 5.26 Å². The average molecular weight is 959 g/mol. The minimum absolute atomic E-state index is 0.0522. The molecule has 4 amide bonds. The molecule has 1 aromatic heterocycles. The second kappa shape index (κ2) is 17.8. The third kappa shape index (κ3) is 8.50. The van der Waals surface area contributed by atoms with Crippen LogP contribution in [-0.2, 0) is 9.59 Å². The number of primary amides is 1. The van der Waals surface area contributed by atoms with Crippen molar-refractivity contribution < 1.29 is 32.7 Å². The van der Waals surface area contributed by atoms with E-state index in [0.717, 1.165) is 51.4 Å². The molecule has 0 spiro atoms. The number of nitriles is 1. The number of thiol groups is 1. The Bertz CT molecular complexity index is 2470. The highest BCUT2D eigenvalue weighted by Gasteiger charge is 2.68. The maximum absolute atomic E-state index is 16.2. The Labute approximate surface area is 400 Å². The standard InChI is InChI=1S/C49H58ClF2N9O5S/c1-47(2)45(48(3,4)46(47)66-33-8-5-30(25-53)36(50)24-33)61-40(62)12-10-37(43(61)65)60-42(64)35-23-32(7-9-34(35)44(60)67)59-18-15-38(49(51,52)28-59)57-21-19-56(20-22-57)27-29-13-16-58(17-14-29)39-11-6-31(26-55-39)41(54)63/h5-9,11,23-24,26,29,37-38,44-46,67H,10,12-22,27-28H2,1-4H3,(H2,54,63)/t37-,38-,44-,45?,46?/m1/s1. The second-order valence-corrected chi connectivity index (χ2v) is 21.2. The lowest BCUT2D eigenvalue weighted by atomic mass is 9.48. The molecule has 0 unspecified atom stereocenters. The molecule has 6 heterocycles. The van der Waals surface area contributed by atoms with Crippen molar-refractivity contribution in [3.8, 4) is 11.8 Å². The van der Waals surface area contributed by atoms with Crippen molar-refractivity contribution in [1.82, 2.24) is 24.6 Å².